The number of halogens is 1. The van der Waals surface area contributed by atoms with Gasteiger partial charge in [0.05, 0.1) is 11.5 Å². The topological polar surface area (TPSA) is 63.6 Å². The lowest BCUT2D eigenvalue weighted by atomic mass is 10.2. The van der Waals surface area contributed by atoms with Crippen LogP contribution in [0.2, 0.25) is 0 Å². The second-order valence-electron chi connectivity index (χ2n) is 4.96. The summed E-state index contributed by atoms with van der Waals surface area (Å²) in [6.45, 7) is -0.167. The van der Waals surface area contributed by atoms with Gasteiger partial charge in [0.2, 0.25) is 0 Å². The summed E-state index contributed by atoms with van der Waals surface area (Å²) in [6, 6.07) is 14.1. The molecule has 2 rings (SSSR count). The molecular formula is C16H17FO4S. The van der Waals surface area contributed by atoms with Crippen molar-refractivity contribution in [3.8, 4) is 5.75 Å². The van der Waals surface area contributed by atoms with E-state index in [0.717, 1.165) is 0 Å². The Balaban J connectivity index is 1.85. The van der Waals surface area contributed by atoms with Crippen LogP contribution in [-0.4, -0.2) is 32.0 Å². The van der Waals surface area contributed by atoms with Crippen LogP contribution in [0.1, 0.15) is 5.56 Å². The zero-order valence-electron chi connectivity index (χ0n) is 11.9. The van der Waals surface area contributed by atoms with Crippen molar-refractivity contribution in [2.75, 3.05) is 12.4 Å². The van der Waals surface area contributed by atoms with E-state index in [1.807, 2.05) is 6.07 Å². The molecule has 0 radical (unpaired) electrons. The standard InChI is InChI=1S/C16H17FO4S/c17-14-6-8-16(9-7-14)21-10-15(18)12-22(19,20)11-13-4-2-1-3-5-13/h1-9,15,18H,10-12H2/t15-/m0/s1. The van der Waals surface area contributed by atoms with E-state index in [-0.39, 0.29) is 18.1 Å². The minimum atomic E-state index is -3.43. The number of sulfone groups is 1. The predicted molar refractivity (Wildman–Crippen MR) is 81.8 cm³/mol. The summed E-state index contributed by atoms with van der Waals surface area (Å²) in [5.74, 6) is -0.524. The van der Waals surface area contributed by atoms with Gasteiger partial charge in [0.15, 0.2) is 9.84 Å². The zero-order chi connectivity index (χ0) is 16.0. The van der Waals surface area contributed by atoms with Crippen molar-refractivity contribution in [2.45, 2.75) is 11.9 Å². The van der Waals surface area contributed by atoms with Gasteiger partial charge in [-0.1, -0.05) is 30.3 Å². The van der Waals surface area contributed by atoms with E-state index in [1.165, 1.54) is 24.3 Å². The Morgan fingerprint density at radius 2 is 1.68 bits per heavy atom. The number of benzene rings is 2. The van der Waals surface area contributed by atoms with Gasteiger partial charge in [0, 0.05) is 0 Å². The summed E-state index contributed by atoms with van der Waals surface area (Å²) in [7, 11) is -3.43. The molecule has 2 aromatic carbocycles. The summed E-state index contributed by atoms with van der Waals surface area (Å²) in [4.78, 5) is 0. The predicted octanol–water partition coefficient (Wildman–Crippen LogP) is 2.18. The number of aliphatic hydroxyl groups excluding tert-OH is 1. The van der Waals surface area contributed by atoms with Gasteiger partial charge < -0.3 is 9.84 Å². The normalized spacial score (nSPS) is 12.8. The first-order valence-electron chi connectivity index (χ1n) is 6.75. The highest BCUT2D eigenvalue weighted by molar-refractivity contribution is 7.90. The lowest BCUT2D eigenvalue weighted by Gasteiger charge is -2.13. The maximum absolute atomic E-state index is 12.7. The molecular weight excluding hydrogens is 307 g/mol. The lowest BCUT2D eigenvalue weighted by Crippen LogP contribution is -2.27. The van der Waals surface area contributed by atoms with E-state index in [2.05, 4.69) is 0 Å². The molecule has 0 spiro atoms. The van der Waals surface area contributed by atoms with Crippen LogP contribution in [0.4, 0.5) is 4.39 Å². The van der Waals surface area contributed by atoms with E-state index in [1.54, 1.807) is 24.3 Å². The van der Waals surface area contributed by atoms with Gasteiger partial charge in [-0.05, 0) is 29.8 Å². The fourth-order valence-electron chi connectivity index (χ4n) is 1.95. The first kappa shape index (κ1) is 16.5. The second-order valence-corrected chi connectivity index (χ2v) is 7.07. The van der Waals surface area contributed by atoms with E-state index in [4.69, 9.17) is 4.74 Å². The lowest BCUT2D eigenvalue weighted by molar-refractivity contribution is 0.125. The Hall–Kier alpha value is -1.92. The first-order chi connectivity index (χ1) is 10.4. The van der Waals surface area contributed by atoms with Crippen molar-refractivity contribution >= 4 is 9.84 Å². The summed E-state index contributed by atoms with van der Waals surface area (Å²) in [5.41, 5.74) is 0.675. The highest BCUT2D eigenvalue weighted by Gasteiger charge is 2.18. The van der Waals surface area contributed by atoms with Crippen molar-refractivity contribution in [3.05, 3.63) is 66.0 Å². The van der Waals surface area contributed by atoms with Crippen LogP contribution < -0.4 is 4.74 Å². The highest BCUT2D eigenvalue weighted by Crippen LogP contribution is 2.12. The van der Waals surface area contributed by atoms with Crippen LogP contribution in [0, 0.1) is 5.82 Å². The molecule has 4 nitrogen and oxygen atoms in total. The van der Waals surface area contributed by atoms with E-state index >= 15 is 0 Å². The van der Waals surface area contributed by atoms with Crippen LogP contribution in [0.3, 0.4) is 0 Å². The van der Waals surface area contributed by atoms with Gasteiger partial charge in [0.1, 0.15) is 24.3 Å². The molecule has 0 unspecified atom stereocenters. The van der Waals surface area contributed by atoms with Crippen LogP contribution in [-0.2, 0) is 15.6 Å². The van der Waals surface area contributed by atoms with Crippen LogP contribution in [0.15, 0.2) is 54.6 Å². The number of hydrogen-bond acceptors (Lipinski definition) is 4. The minimum absolute atomic E-state index is 0.124. The van der Waals surface area contributed by atoms with E-state index < -0.39 is 21.8 Å². The summed E-state index contributed by atoms with van der Waals surface area (Å²) >= 11 is 0. The number of ether oxygens (including phenoxy) is 1. The molecule has 1 N–H and O–H groups in total. The molecule has 0 bridgehead atoms. The van der Waals surface area contributed by atoms with Gasteiger partial charge >= 0.3 is 0 Å². The Bertz CT molecular complexity index is 684. The van der Waals surface area contributed by atoms with Crippen molar-refractivity contribution in [3.63, 3.8) is 0 Å². The number of aliphatic hydroxyl groups is 1. The fraction of sp³-hybridized carbons (Fsp3) is 0.250. The quantitative estimate of drug-likeness (QED) is 0.848. The molecule has 0 aliphatic carbocycles. The number of hydrogen-bond donors (Lipinski definition) is 1. The van der Waals surface area contributed by atoms with Crippen molar-refractivity contribution in [1.29, 1.82) is 0 Å². The molecule has 0 aliphatic rings. The molecule has 0 saturated carbocycles. The van der Waals surface area contributed by atoms with Gasteiger partial charge in [-0.2, -0.15) is 0 Å². The molecule has 0 saturated heterocycles. The van der Waals surface area contributed by atoms with Crippen LogP contribution in [0.5, 0.6) is 5.75 Å². The summed E-state index contributed by atoms with van der Waals surface area (Å²) in [5, 5.41) is 9.80. The maximum Gasteiger partial charge on any atom is 0.157 e. The molecule has 0 fully saturated rings. The molecule has 118 valence electrons. The average molecular weight is 324 g/mol. The Kier molecular flexibility index (Phi) is 5.51. The van der Waals surface area contributed by atoms with Crippen LogP contribution >= 0.6 is 0 Å². The molecule has 1 atom stereocenters. The van der Waals surface area contributed by atoms with Gasteiger partial charge in [-0.3, -0.25) is 0 Å². The molecule has 22 heavy (non-hydrogen) atoms. The smallest absolute Gasteiger partial charge is 0.157 e. The Morgan fingerprint density at radius 1 is 1.05 bits per heavy atom. The summed E-state index contributed by atoms with van der Waals surface area (Å²) < 4.78 is 42.0. The third-order valence-electron chi connectivity index (χ3n) is 2.93. The first-order valence-corrected chi connectivity index (χ1v) is 8.57. The maximum atomic E-state index is 12.7. The van der Waals surface area contributed by atoms with Crippen molar-refractivity contribution < 1.29 is 22.7 Å². The Morgan fingerprint density at radius 3 is 2.32 bits per heavy atom. The molecule has 0 aromatic heterocycles. The summed E-state index contributed by atoms with van der Waals surface area (Å²) in [6.07, 6.45) is -1.14. The SMILES string of the molecule is O=S(=O)(Cc1ccccc1)C[C@@H](O)COc1ccc(F)cc1. The third kappa shape index (κ3) is 5.46. The van der Waals surface area contributed by atoms with E-state index in [9.17, 15) is 17.9 Å². The molecule has 6 heteroatoms. The van der Waals surface area contributed by atoms with Gasteiger partial charge in [-0.15, -0.1) is 0 Å². The highest BCUT2D eigenvalue weighted by atomic mass is 32.2. The molecule has 0 heterocycles. The second kappa shape index (κ2) is 7.38. The van der Waals surface area contributed by atoms with E-state index in [0.29, 0.717) is 11.3 Å². The largest absolute Gasteiger partial charge is 0.491 e. The van der Waals surface area contributed by atoms with Gasteiger partial charge in [-0.25, -0.2) is 12.8 Å². The third-order valence-corrected chi connectivity index (χ3v) is 4.60. The molecule has 2 aromatic rings. The van der Waals surface area contributed by atoms with Gasteiger partial charge in [0.25, 0.3) is 0 Å². The van der Waals surface area contributed by atoms with Crippen molar-refractivity contribution in [2.24, 2.45) is 0 Å². The fourth-order valence-corrected chi connectivity index (χ4v) is 3.45. The average Bonchev–Trinajstić information content (AvgIpc) is 2.46. The monoisotopic (exact) mass is 324 g/mol. The Labute approximate surface area is 129 Å². The minimum Gasteiger partial charge on any atom is -0.491 e. The van der Waals surface area contributed by atoms with Crippen molar-refractivity contribution in [1.82, 2.24) is 0 Å². The number of rotatable bonds is 7. The molecule has 0 amide bonds. The molecule has 0 aliphatic heterocycles. The zero-order valence-corrected chi connectivity index (χ0v) is 12.7. The van der Waals surface area contributed by atoms with Crippen LogP contribution in [0.25, 0.3) is 0 Å².